The standard InChI is InChI=1S/C14H25NO2/c1-2-14(7-3-4-8-14)13(17)15-9-5-12(11-16)6-10-15/h12,16H,2-11H2,1H3. The third kappa shape index (κ3) is 2.49. The molecule has 2 aliphatic rings. The van der Waals surface area contributed by atoms with Crippen LogP contribution < -0.4 is 0 Å². The Kier molecular flexibility index (Phi) is 4.08. The molecule has 1 saturated heterocycles. The SMILES string of the molecule is CCC1(C(=O)N2CCC(CO)CC2)CCCC1. The smallest absolute Gasteiger partial charge is 0.228 e. The minimum atomic E-state index is -0.0357. The highest BCUT2D eigenvalue weighted by molar-refractivity contribution is 5.83. The molecule has 3 heteroatoms. The zero-order valence-electron chi connectivity index (χ0n) is 11.0. The van der Waals surface area contributed by atoms with Gasteiger partial charge in [0.15, 0.2) is 0 Å². The van der Waals surface area contributed by atoms with Gasteiger partial charge in [-0.05, 0) is 38.0 Å². The van der Waals surface area contributed by atoms with Crippen molar-refractivity contribution in [3.8, 4) is 0 Å². The predicted molar refractivity (Wildman–Crippen MR) is 67.6 cm³/mol. The topological polar surface area (TPSA) is 40.5 Å². The Balaban J connectivity index is 1.96. The molecule has 1 aliphatic carbocycles. The van der Waals surface area contributed by atoms with E-state index >= 15 is 0 Å². The van der Waals surface area contributed by atoms with E-state index in [1.54, 1.807) is 0 Å². The maximum atomic E-state index is 12.6. The van der Waals surface area contributed by atoms with E-state index in [9.17, 15) is 4.79 Å². The summed E-state index contributed by atoms with van der Waals surface area (Å²) in [7, 11) is 0. The van der Waals surface area contributed by atoms with Crippen molar-refractivity contribution in [2.45, 2.75) is 51.9 Å². The molecule has 0 unspecified atom stereocenters. The van der Waals surface area contributed by atoms with Crippen LogP contribution >= 0.6 is 0 Å². The summed E-state index contributed by atoms with van der Waals surface area (Å²) in [6.45, 7) is 4.14. The van der Waals surface area contributed by atoms with E-state index in [0.717, 1.165) is 45.2 Å². The van der Waals surface area contributed by atoms with Crippen LogP contribution in [0.1, 0.15) is 51.9 Å². The Bertz CT molecular complexity index is 263. The van der Waals surface area contributed by atoms with Gasteiger partial charge in [-0.3, -0.25) is 4.79 Å². The largest absolute Gasteiger partial charge is 0.396 e. The average Bonchev–Trinajstić information content (AvgIpc) is 2.88. The van der Waals surface area contributed by atoms with Crippen LogP contribution in [0.25, 0.3) is 0 Å². The Labute approximate surface area is 104 Å². The lowest BCUT2D eigenvalue weighted by Crippen LogP contribution is -2.46. The van der Waals surface area contributed by atoms with Crippen LogP contribution in [0.3, 0.4) is 0 Å². The van der Waals surface area contributed by atoms with Crippen LogP contribution in [0, 0.1) is 11.3 Å². The molecule has 1 N–H and O–H groups in total. The molecule has 0 aromatic rings. The van der Waals surface area contributed by atoms with Crippen molar-refractivity contribution in [3.05, 3.63) is 0 Å². The molecular weight excluding hydrogens is 214 g/mol. The van der Waals surface area contributed by atoms with Crippen molar-refractivity contribution < 1.29 is 9.90 Å². The Morgan fingerprint density at radius 2 is 1.88 bits per heavy atom. The zero-order chi connectivity index (χ0) is 12.3. The average molecular weight is 239 g/mol. The van der Waals surface area contributed by atoms with Gasteiger partial charge in [0, 0.05) is 25.1 Å². The second-order valence-electron chi connectivity index (χ2n) is 5.76. The monoisotopic (exact) mass is 239 g/mol. The molecule has 1 aliphatic heterocycles. The van der Waals surface area contributed by atoms with Crippen LogP contribution in [0.15, 0.2) is 0 Å². The van der Waals surface area contributed by atoms with Gasteiger partial charge < -0.3 is 10.0 Å². The third-order valence-electron chi connectivity index (χ3n) is 4.85. The van der Waals surface area contributed by atoms with Gasteiger partial charge in [-0.25, -0.2) is 0 Å². The molecule has 2 fully saturated rings. The molecule has 98 valence electrons. The quantitative estimate of drug-likeness (QED) is 0.820. The molecule has 0 bridgehead atoms. The summed E-state index contributed by atoms with van der Waals surface area (Å²) in [6.07, 6.45) is 7.54. The lowest BCUT2D eigenvalue weighted by atomic mass is 9.81. The molecule has 2 rings (SSSR count). The van der Waals surface area contributed by atoms with Gasteiger partial charge >= 0.3 is 0 Å². The first-order valence-electron chi connectivity index (χ1n) is 7.12. The van der Waals surface area contributed by atoms with Crippen LogP contribution in [-0.4, -0.2) is 35.6 Å². The van der Waals surface area contributed by atoms with E-state index in [4.69, 9.17) is 5.11 Å². The van der Waals surface area contributed by atoms with Crippen LogP contribution in [-0.2, 0) is 4.79 Å². The first kappa shape index (κ1) is 12.9. The van der Waals surface area contributed by atoms with E-state index < -0.39 is 0 Å². The molecule has 17 heavy (non-hydrogen) atoms. The molecular formula is C14H25NO2. The molecule has 1 amide bonds. The summed E-state index contributed by atoms with van der Waals surface area (Å²) in [5.41, 5.74) is -0.0357. The Morgan fingerprint density at radius 3 is 2.35 bits per heavy atom. The fourth-order valence-electron chi connectivity index (χ4n) is 3.42. The van der Waals surface area contributed by atoms with Crippen molar-refractivity contribution in [2.75, 3.05) is 19.7 Å². The van der Waals surface area contributed by atoms with Gasteiger partial charge in [0.05, 0.1) is 0 Å². The predicted octanol–water partition coefficient (Wildman–Crippen LogP) is 2.19. The van der Waals surface area contributed by atoms with Crippen LogP contribution in [0.2, 0.25) is 0 Å². The molecule has 0 atom stereocenters. The van der Waals surface area contributed by atoms with Crippen molar-refractivity contribution in [3.63, 3.8) is 0 Å². The van der Waals surface area contributed by atoms with Crippen LogP contribution in [0.5, 0.6) is 0 Å². The first-order chi connectivity index (χ1) is 8.22. The number of aliphatic hydroxyl groups excluding tert-OH is 1. The summed E-state index contributed by atoms with van der Waals surface area (Å²) in [5, 5.41) is 9.12. The highest BCUT2D eigenvalue weighted by atomic mass is 16.3. The second-order valence-corrected chi connectivity index (χ2v) is 5.76. The Morgan fingerprint density at radius 1 is 1.29 bits per heavy atom. The van der Waals surface area contributed by atoms with Gasteiger partial charge in [0.25, 0.3) is 0 Å². The van der Waals surface area contributed by atoms with E-state index in [0.29, 0.717) is 11.8 Å². The van der Waals surface area contributed by atoms with Gasteiger partial charge in [-0.1, -0.05) is 19.8 Å². The van der Waals surface area contributed by atoms with E-state index in [2.05, 4.69) is 11.8 Å². The van der Waals surface area contributed by atoms with Gasteiger partial charge in [-0.2, -0.15) is 0 Å². The maximum Gasteiger partial charge on any atom is 0.228 e. The molecule has 0 aromatic heterocycles. The molecule has 0 radical (unpaired) electrons. The summed E-state index contributed by atoms with van der Waals surface area (Å²) in [4.78, 5) is 14.7. The highest BCUT2D eigenvalue weighted by Crippen LogP contribution is 2.43. The number of hydrogen-bond donors (Lipinski definition) is 1. The normalized spacial score (nSPS) is 25.2. The summed E-state index contributed by atoms with van der Waals surface area (Å²) in [5.74, 6) is 0.814. The number of aliphatic hydroxyl groups is 1. The molecule has 0 aromatic carbocycles. The number of hydrogen-bond acceptors (Lipinski definition) is 2. The Hall–Kier alpha value is -0.570. The number of rotatable bonds is 3. The lowest BCUT2D eigenvalue weighted by molar-refractivity contribution is -0.143. The fraction of sp³-hybridized carbons (Fsp3) is 0.929. The minimum Gasteiger partial charge on any atom is -0.396 e. The van der Waals surface area contributed by atoms with Crippen molar-refractivity contribution >= 4 is 5.91 Å². The van der Waals surface area contributed by atoms with Crippen molar-refractivity contribution in [2.24, 2.45) is 11.3 Å². The van der Waals surface area contributed by atoms with Crippen LogP contribution in [0.4, 0.5) is 0 Å². The lowest BCUT2D eigenvalue weighted by Gasteiger charge is -2.37. The van der Waals surface area contributed by atoms with Gasteiger partial charge in [-0.15, -0.1) is 0 Å². The molecule has 1 heterocycles. The maximum absolute atomic E-state index is 12.6. The minimum absolute atomic E-state index is 0.0357. The van der Waals surface area contributed by atoms with Crippen molar-refractivity contribution in [1.82, 2.24) is 4.90 Å². The summed E-state index contributed by atoms with van der Waals surface area (Å²) < 4.78 is 0. The zero-order valence-corrected chi connectivity index (χ0v) is 11.0. The number of likely N-dealkylation sites (tertiary alicyclic amines) is 1. The highest BCUT2D eigenvalue weighted by Gasteiger charge is 2.42. The third-order valence-corrected chi connectivity index (χ3v) is 4.85. The van der Waals surface area contributed by atoms with Gasteiger partial charge in [0.1, 0.15) is 0 Å². The van der Waals surface area contributed by atoms with E-state index in [1.165, 1.54) is 12.8 Å². The number of amides is 1. The number of piperidine rings is 1. The first-order valence-corrected chi connectivity index (χ1v) is 7.12. The molecule has 1 saturated carbocycles. The fourth-order valence-corrected chi connectivity index (χ4v) is 3.42. The number of carbonyl (C=O) groups is 1. The summed E-state index contributed by atoms with van der Waals surface area (Å²) in [6, 6.07) is 0. The molecule has 3 nitrogen and oxygen atoms in total. The van der Waals surface area contributed by atoms with E-state index in [1.807, 2.05) is 0 Å². The van der Waals surface area contributed by atoms with Gasteiger partial charge in [0.2, 0.25) is 5.91 Å². The number of carbonyl (C=O) groups excluding carboxylic acids is 1. The number of nitrogens with zero attached hydrogens (tertiary/aromatic N) is 1. The van der Waals surface area contributed by atoms with E-state index in [-0.39, 0.29) is 12.0 Å². The second kappa shape index (κ2) is 5.38. The van der Waals surface area contributed by atoms with Crippen molar-refractivity contribution in [1.29, 1.82) is 0 Å². The molecule has 0 spiro atoms. The summed E-state index contributed by atoms with van der Waals surface area (Å²) >= 11 is 0.